The number of anilines is 1. The number of benzene rings is 1. The van der Waals surface area contributed by atoms with Crippen LogP contribution in [-0.2, 0) is 0 Å². The van der Waals surface area contributed by atoms with Crippen molar-refractivity contribution in [3.05, 3.63) is 24.3 Å². The topological polar surface area (TPSA) is 76.4 Å². The fourth-order valence-corrected chi connectivity index (χ4v) is 1.70. The van der Waals surface area contributed by atoms with Crippen molar-refractivity contribution in [3.63, 3.8) is 0 Å². The van der Waals surface area contributed by atoms with Crippen molar-refractivity contribution >= 4 is 11.7 Å². The number of ether oxygens (including phenoxy) is 1. The van der Waals surface area contributed by atoms with Crippen LogP contribution in [0.25, 0.3) is 0 Å². The molecule has 0 spiro atoms. The van der Waals surface area contributed by atoms with Gasteiger partial charge in [0.1, 0.15) is 5.75 Å². The average molecular weight is 265 g/mol. The van der Waals surface area contributed by atoms with E-state index in [1.807, 2.05) is 18.2 Å². The first-order chi connectivity index (χ1) is 9.26. The second-order valence-corrected chi connectivity index (χ2v) is 4.32. The Balaban J connectivity index is 2.19. The summed E-state index contributed by atoms with van der Waals surface area (Å²) in [6.45, 7) is 1.42. The highest BCUT2D eigenvalue weighted by atomic mass is 16.5. The summed E-state index contributed by atoms with van der Waals surface area (Å²) in [6, 6.07) is 7.08. The fourth-order valence-electron chi connectivity index (χ4n) is 1.70. The Morgan fingerprint density at radius 3 is 2.79 bits per heavy atom. The van der Waals surface area contributed by atoms with Gasteiger partial charge in [0.15, 0.2) is 0 Å². The van der Waals surface area contributed by atoms with Crippen molar-refractivity contribution in [2.75, 3.05) is 25.5 Å². The lowest BCUT2D eigenvalue weighted by atomic mass is 10.2. The Labute approximate surface area is 114 Å². The van der Waals surface area contributed by atoms with Gasteiger partial charge in [-0.3, -0.25) is 0 Å². The van der Waals surface area contributed by atoms with Crippen LogP contribution in [0.4, 0.5) is 10.5 Å². The first kappa shape index (κ1) is 15.3. The lowest BCUT2D eigenvalue weighted by Gasteiger charge is -2.08. The predicted octanol–water partition coefficient (Wildman–Crippen LogP) is 2.34. The number of hydrogen-bond acceptors (Lipinski definition) is 3. The second kappa shape index (κ2) is 9.22. The molecule has 0 radical (unpaired) electrons. The number of nitrogens with two attached hydrogens (primary N) is 1. The first-order valence-corrected chi connectivity index (χ1v) is 6.65. The number of methoxy groups -OCH3 is 1. The number of amides is 2. The van der Waals surface area contributed by atoms with Crippen LogP contribution in [0.15, 0.2) is 24.3 Å². The van der Waals surface area contributed by atoms with Gasteiger partial charge in [0.2, 0.25) is 0 Å². The van der Waals surface area contributed by atoms with Gasteiger partial charge >= 0.3 is 6.03 Å². The Kier molecular flexibility index (Phi) is 7.43. The number of carbonyl (C=O) groups is 1. The van der Waals surface area contributed by atoms with Crippen molar-refractivity contribution < 1.29 is 9.53 Å². The second-order valence-electron chi connectivity index (χ2n) is 4.32. The van der Waals surface area contributed by atoms with Crippen LogP contribution in [-0.4, -0.2) is 26.2 Å². The number of nitrogens with one attached hydrogen (secondary N) is 2. The minimum Gasteiger partial charge on any atom is -0.497 e. The van der Waals surface area contributed by atoms with Crippen LogP contribution in [0.1, 0.15) is 25.7 Å². The SMILES string of the molecule is COc1cccc(NC(=O)NCCCCCCN)c1. The zero-order valence-electron chi connectivity index (χ0n) is 11.4. The van der Waals surface area contributed by atoms with Crippen molar-refractivity contribution in [1.29, 1.82) is 0 Å². The average Bonchev–Trinajstić information content (AvgIpc) is 2.43. The molecule has 0 aliphatic heterocycles. The molecule has 0 saturated heterocycles. The Hall–Kier alpha value is -1.75. The largest absolute Gasteiger partial charge is 0.497 e. The van der Waals surface area contributed by atoms with E-state index < -0.39 is 0 Å². The van der Waals surface area contributed by atoms with Gasteiger partial charge in [0, 0.05) is 18.3 Å². The van der Waals surface area contributed by atoms with Crippen molar-refractivity contribution in [1.82, 2.24) is 5.32 Å². The molecule has 19 heavy (non-hydrogen) atoms. The molecule has 0 saturated carbocycles. The van der Waals surface area contributed by atoms with Crippen LogP contribution in [0.5, 0.6) is 5.75 Å². The zero-order chi connectivity index (χ0) is 13.9. The minimum atomic E-state index is -0.188. The van der Waals surface area contributed by atoms with Crippen LogP contribution >= 0.6 is 0 Å². The van der Waals surface area contributed by atoms with Gasteiger partial charge in [0.05, 0.1) is 7.11 Å². The van der Waals surface area contributed by atoms with E-state index in [9.17, 15) is 4.79 Å². The summed E-state index contributed by atoms with van der Waals surface area (Å²) in [4.78, 5) is 11.6. The highest BCUT2D eigenvalue weighted by molar-refractivity contribution is 5.89. The number of rotatable bonds is 8. The normalized spacial score (nSPS) is 10.0. The van der Waals surface area contributed by atoms with Crippen molar-refractivity contribution in [2.24, 2.45) is 5.73 Å². The third-order valence-corrected chi connectivity index (χ3v) is 2.74. The number of carbonyl (C=O) groups excluding carboxylic acids is 1. The molecular weight excluding hydrogens is 242 g/mol. The van der Waals surface area contributed by atoms with E-state index in [1.165, 1.54) is 0 Å². The summed E-state index contributed by atoms with van der Waals surface area (Å²) in [5.41, 5.74) is 6.13. The Bertz CT molecular complexity index is 383. The molecule has 0 atom stereocenters. The molecule has 1 rings (SSSR count). The monoisotopic (exact) mass is 265 g/mol. The van der Waals surface area contributed by atoms with E-state index in [0.29, 0.717) is 6.54 Å². The third kappa shape index (κ3) is 6.67. The van der Waals surface area contributed by atoms with E-state index >= 15 is 0 Å². The maximum atomic E-state index is 11.6. The van der Waals surface area contributed by atoms with Crippen LogP contribution in [0.2, 0.25) is 0 Å². The summed E-state index contributed by atoms with van der Waals surface area (Å²) in [6.07, 6.45) is 4.24. The van der Waals surface area contributed by atoms with Gasteiger partial charge in [0.25, 0.3) is 0 Å². The minimum absolute atomic E-state index is 0.188. The summed E-state index contributed by atoms with van der Waals surface area (Å²) in [7, 11) is 1.60. The van der Waals surface area contributed by atoms with Gasteiger partial charge in [-0.25, -0.2) is 4.79 Å². The number of hydrogen-bond donors (Lipinski definition) is 3. The number of urea groups is 1. The maximum Gasteiger partial charge on any atom is 0.319 e. The lowest BCUT2D eigenvalue weighted by Crippen LogP contribution is -2.29. The standard InChI is InChI=1S/C14H23N3O2/c1-19-13-8-6-7-12(11-13)17-14(18)16-10-5-3-2-4-9-15/h6-8,11H,2-5,9-10,15H2,1H3,(H2,16,17,18). The van der Waals surface area contributed by atoms with Crippen molar-refractivity contribution in [3.8, 4) is 5.75 Å². The molecule has 4 N–H and O–H groups in total. The molecule has 2 amide bonds. The van der Waals surface area contributed by atoms with Gasteiger partial charge < -0.3 is 21.1 Å². The van der Waals surface area contributed by atoms with E-state index in [-0.39, 0.29) is 6.03 Å². The van der Waals surface area contributed by atoms with E-state index in [2.05, 4.69) is 10.6 Å². The number of unbranched alkanes of at least 4 members (excludes halogenated alkanes) is 3. The molecule has 0 aliphatic carbocycles. The van der Waals surface area contributed by atoms with Gasteiger partial charge in [-0.2, -0.15) is 0 Å². The van der Waals surface area contributed by atoms with Gasteiger partial charge in [-0.1, -0.05) is 18.9 Å². The molecule has 0 heterocycles. The molecule has 0 unspecified atom stereocenters. The molecule has 5 nitrogen and oxygen atoms in total. The fraction of sp³-hybridized carbons (Fsp3) is 0.500. The van der Waals surface area contributed by atoms with Crippen molar-refractivity contribution in [2.45, 2.75) is 25.7 Å². The molecule has 1 aromatic carbocycles. The van der Waals surface area contributed by atoms with Gasteiger partial charge in [-0.15, -0.1) is 0 Å². The molecule has 0 aliphatic rings. The van der Waals surface area contributed by atoms with Crippen LogP contribution < -0.4 is 21.1 Å². The molecule has 106 valence electrons. The summed E-state index contributed by atoms with van der Waals surface area (Å²) >= 11 is 0. The molecule has 1 aromatic rings. The highest BCUT2D eigenvalue weighted by Gasteiger charge is 2.01. The first-order valence-electron chi connectivity index (χ1n) is 6.65. The molecule has 0 bridgehead atoms. The quantitative estimate of drug-likeness (QED) is 0.631. The molecule has 5 heteroatoms. The molecular formula is C14H23N3O2. The summed E-state index contributed by atoms with van der Waals surface area (Å²) in [5.74, 6) is 0.722. The smallest absolute Gasteiger partial charge is 0.319 e. The Morgan fingerprint density at radius 2 is 2.05 bits per heavy atom. The maximum absolute atomic E-state index is 11.6. The van der Waals surface area contributed by atoms with Crippen LogP contribution in [0.3, 0.4) is 0 Å². The predicted molar refractivity (Wildman–Crippen MR) is 77.5 cm³/mol. The van der Waals surface area contributed by atoms with E-state index in [0.717, 1.165) is 43.7 Å². The molecule has 0 fully saturated rings. The van der Waals surface area contributed by atoms with E-state index in [4.69, 9.17) is 10.5 Å². The summed E-state index contributed by atoms with van der Waals surface area (Å²) in [5, 5.41) is 5.59. The third-order valence-electron chi connectivity index (χ3n) is 2.74. The van der Waals surface area contributed by atoms with Crippen LogP contribution in [0, 0.1) is 0 Å². The lowest BCUT2D eigenvalue weighted by molar-refractivity contribution is 0.252. The van der Waals surface area contributed by atoms with E-state index in [1.54, 1.807) is 13.2 Å². The summed E-state index contributed by atoms with van der Waals surface area (Å²) < 4.78 is 5.09. The van der Waals surface area contributed by atoms with Gasteiger partial charge in [-0.05, 0) is 31.5 Å². The zero-order valence-corrected chi connectivity index (χ0v) is 11.4. The molecule has 0 aromatic heterocycles. The highest BCUT2D eigenvalue weighted by Crippen LogP contribution is 2.16. The Morgan fingerprint density at radius 1 is 1.26 bits per heavy atom.